The first-order chi connectivity index (χ1) is 6.63. The van der Waals surface area contributed by atoms with Gasteiger partial charge in [0.05, 0.1) is 7.11 Å². The topological polar surface area (TPSA) is 26.3 Å². The van der Waals surface area contributed by atoms with E-state index < -0.39 is 0 Å². The maximum Gasteiger partial charge on any atom is 0.331 e. The van der Waals surface area contributed by atoms with E-state index in [1.807, 2.05) is 31.2 Å². The van der Waals surface area contributed by atoms with Crippen molar-refractivity contribution in [1.82, 2.24) is 0 Å². The van der Waals surface area contributed by atoms with Crippen LogP contribution in [0, 0.1) is 6.92 Å². The fraction of sp³-hybridized carbons (Fsp3) is 0.182. The molecule has 0 aliphatic rings. The van der Waals surface area contributed by atoms with Gasteiger partial charge in [0.15, 0.2) is 0 Å². The van der Waals surface area contributed by atoms with E-state index in [9.17, 15) is 4.79 Å². The number of carbonyl (C=O) groups is 1. The van der Waals surface area contributed by atoms with Crippen LogP contribution in [0.3, 0.4) is 0 Å². The summed E-state index contributed by atoms with van der Waals surface area (Å²) in [7, 11) is 1.36. The van der Waals surface area contributed by atoms with Crippen LogP contribution in [0.4, 0.5) is 0 Å². The predicted octanol–water partition coefficient (Wildman–Crippen LogP) is 2.90. The minimum Gasteiger partial charge on any atom is -0.466 e. The Labute approximate surface area is 91.7 Å². The lowest BCUT2D eigenvalue weighted by Crippen LogP contribution is -1.94. The molecule has 2 nitrogen and oxygen atoms in total. The molecule has 0 spiro atoms. The Bertz CT molecular complexity index is 352. The standard InChI is InChI=1S/C11H11BrO2/c1-8-3-5-9(6-4-8)10(12)7-11(13)14-2/h3-7H,1-2H3/b10-7-. The van der Waals surface area contributed by atoms with Crippen molar-refractivity contribution in [2.24, 2.45) is 0 Å². The van der Waals surface area contributed by atoms with Gasteiger partial charge in [0, 0.05) is 10.6 Å². The number of hydrogen-bond acceptors (Lipinski definition) is 2. The SMILES string of the molecule is COC(=O)/C=C(\Br)c1ccc(C)cc1. The Balaban J connectivity index is 2.89. The normalized spacial score (nSPS) is 11.2. The summed E-state index contributed by atoms with van der Waals surface area (Å²) in [5.74, 6) is -0.363. The van der Waals surface area contributed by atoms with Gasteiger partial charge in [-0.25, -0.2) is 4.79 Å². The van der Waals surface area contributed by atoms with Gasteiger partial charge >= 0.3 is 5.97 Å². The number of benzene rings is 1. The zero-order valence-corrected chi connectivity index (χ0v) is 9.67. The summed E-state index contributed by atoms with van der Waals surface area (Å²) in [6.45, 7) is 2.02. The van der Waals surface area contributed by atoms with E-state index in [4.69, 9.17) is 0 Å². The quantitative estimate of drug-likeness (QED) is 0.600. The Kier molecular flexibility index (Phi) is 3.89. The fourth-order valence-corrected chi connectivity index (χ4v) is 1.41. The zero-order valence-electron chi connectivity index (χ0n) is 8.08. The second kappa shape index (κ2) is 4.96. The number of halogens is 1. The lowest BCUT2D eigenvalue weighted by molar-refractivity contribution is -0.134. The van der Waals surface area contributed by atoms with E-state index in [1.54, 1.807) is 0 Å². The summed E-state index contributed by atoms with van der Waals surface area (Å²) >= 11 is 3.31. The molecule has 0 heterocycles. The van der Waals surface area contributed by atoms with Crippen LogP contribution in [-0.2, 0) is 9.53 Å². The van der Waals surface area contributed by atoms with Gasteiger partial charge in [-0.3, -0.25) is 0 Å². The molecule has 0 amide bonds. The van der Waals surface area contributed by atoms with Gasteiger partial charge in [-0.05, 0) is 28.4 Å². The molecule has 0 fully saturated rings. The van der Waals surface area contributed by atoms with Crippen LogP contribution >= 0.6 is 15.9 Å². The largest absolute Gasteiger partial charge is 0.466 e. The predicted molar refractivity (Wildman–Crippen MR) is 60.1 cm³/mol. The van der Waals surface area contributed by atoms with E-state index in [2.05, 4.69) is 20.7 Å². The van der Waals surface area contributed by atoms with E-state index in [1.165, 1.54) is 18.7 Å². The lowest BCUT2D eigenvalue weighted by Gasteiger charge is -1.99. The van der Waals surface area contributed by atoms with Crippen molar-refractivity contribution in [2.45, 2.75) is 6.92 Å². The number of rotatable bonds is 2. The molecule has 1 aromatic rings. The fourth-order valence-electron chi connectivity index (χ4n) is 0.959. The monoisotopic (exact) mass is 254 g/mol. The molecule has 14 heavy (non-hydrogen) atoms. The van der Waals surface area contributed by atoms with Crippen LogP contribution in [0.15, 0.2) is 30.3 Å². The third-order valence-corrected chi connectivity index (χ3v) is 2.46. The molecule has 0 aliphatic heterocycles. The highest BCUT2D eigenvalue weighted by atomic mass is 79.9. The van der Waals surface area contributed by atoms with Gasteiger partial charge in [-0.2, -0.15) is 0 Å². The molecule has 74 valence electrons. The van der Waals surface area contributed by atoms with Crippen LogP contribution in [0.1, 0.15) is 11.1 Å². The molecule has 1 rings (SSSR count). The van der Waals surface area contributed by atoms with Gasteiger partial charge < -0.3 is 4.74 Å². The molecule has 0 aromatic heterocycles. The molecule has 0 saturated carbocycles. The average Bonchev–Trinajstić information content (AvgIpc) is 2.18. The van der Waals surface area contributed by atoms with Crippen molar-refractivity contribution in [3.05, 3.63) is 41.5 Å². The van der Waals surface area contributed by atoms with Crippen LogP contribution < -0.4 is 0 Å². The summed E-state index contributed by atoms with van der Waals surface area (Å²) in [5, 5.41) is 0. The molecular weight excluding hydrogens is 244 g/mol. The molecule has 0 bridgehead atoms. The van der Waals surface area contributed by atoms with E-state index in [0.717, 1.165) is 10.0 Å². The maximum absolute atomic E-state index is 10.9. The van der Waals surface area contributed by atoms with Crippen molar-refractivity contribution in [3.8, 4) is 0 Å². The number of carbonyl (C=O) groups excluding carboxylic acids is 1. The van der Waals surface area contributed by atoms with Crippen LogP contribution in [0.5, 0.6) is 0 Å². The van der Waals surface area contributed by atoms with Gasteiger partial charge in [-0.15, -0.1) is 0 Å². The van der Waals surface area contributed by atoms with Gasteiger partial charge in [0.1, 0.15) is 0 Å². The maximum atomic E-state index is 10.9. The van der Waals surface area contributed by atoms with Crippen molar-refractivity contribution in [1.29, 1.82) is 0 Å². The molecule has 1 aromatic carbocycles. The lowest BCUT2D eigenvalue weighted by atomic mass is 10.1. The Morgan fingerprint density at radius 2 is 1.93 bits per heavy atom. The summed E-state index contributed by atoms with van der Waals surface area (Å²) in [6, 6.07) is 7.86. The summed E-state index contributed by atoms with van der Waals surface area (Å²) in [5.41, 5.74) is 2.15. The van der Waals surface area contributed by atoms with Crippen LogP contribution in [0.25, 0.3) is 4.48 Å². The van der Waals surface area contributed by atoms with Crippen molar-refractivity contribution < 1.29 is 9.53 Å². The first kappa shape index (κ1) is 11.0. The van der Waals surface area contributed by atoms with E-state index >= 15 is 0 Å². The second-order valence-corrected chi connectivity index (χ2v) is 3.74. The van der Waals surface area contributed by atoms with Gasteiger partial charge in [0.2, 0.25) is 0 Å². The highest BCUT2D eigenvalue weighted by Crippen LogP contribution is 2.21. The van der Waals surface area contributed by atoms with E-state index in [0.29, 0.717) is 0 Å². The molecule has 0 unspecified atom stereocenters. The Morgan fingerprint density at radius 1 is 1.36 bits per heavy atom. The molecule has 0 saturated heterocycles. The number of ether oxygens (including phenoxy) is 1. The average molecular weight is 255 g/mol. The Hall–Kier alpha value is -1.09. The van der Waals surface area contributed by atoms with E-state index in [-0.39, 0.29) is 5.97 Å². The third-order valence-electron chi connectivity index (χ3n) is 1.77. The minimum absolute atomic E-state index is 0.363. The van der Waals surface area contributed by atoms with Crippen molar-refractivity contribution in [3.63, 3.8) is 0 Å². The van der Waals surface area contributed by atoms with Crippen LogP contribution in [0.2, 0.25) is 0 Å². The number of hydrogen-bond donors (Lipinski definition) is 0. The summed E-state index contributed by atoms with van der Waals surface area (Å²) in [4.78, 5) is 10.9. The van der Waals surface area contributed by atoms with Crippen molar-refractivity contribution in [2.75, 3.05) is 7.11 Å². The van der Waals surface area contributed by atoms with Gasteiger partial charge in [0.25, 0.3) is 0 Å². The summed E-state index contributed by atoms with van der Waals surface area (Å²) < 4.78 is 5.25. The minimum atomic E-state index is -0.363. The van der Waals surface area contributed by atoms with Crippen molar-refractivity contribution >= 4 is 26.4 Å². The molecule has 0 N–H and O–H groups in total. The first-order valence-corrected chi connectivity index (χ1v) is 4.95. The number of esters is 1. The second-order valence-electron chi connectivity index (χ2n) is 2.88. The molecule has 0 aliphatic carbocycles. The molecule has 0 radical (unpaired) electrons. The molecule has 0 atom stereocenters. The highest BCUT2D eigenvalue weighted by Gasteiger charge is 2.00. The number of methoxy groups -OCH3 is 1. The smallest absolute Gasteiger partial charge is 0.331 e. The van der Waals surface area contributed by atoms with Crippen LogP contribution in [-0.4, -0.2) is 13.1 Å². The molecule has 3 heteroatoms. The highest BCUT2D eigenvalue weighted by molar-refractivity contribution is 9.15. The summed E-state index contributed by atoms with van der Waals surface area (Å²) in [6.07, 6.45) is 1.41. The number of aryl methyl sites for hydroxylation is 1. The first-order valence-electron chi connectivity index (χ1n) is 4.15. The molecular formula is C11H11BrO2. The Morgan fingerprint density at radius 3 is 2.43 bits per heavy atom. The zero-order chi connectivity index (χ0) is 10.6. The third kappa shape index (κ3) is 3.00. The van der Waals surface area contributed by atoms with Gasteiger partial charge in [-0.1, -0.05) is 29.8 Å².